The molecule has 0 N–H and O–H groups in total. The smallest absolute Gasteiger partial charge is 0.155 e. The van der Waals surface area contributed by atoms with Gasteiger partial charge in [-0.2, -0.15) is 0 Å². The summed E-state index contributed by atoms with van der Waals surface area (Å²) in [5, 5.41) is 1.54. The fourth-order valence-electron chi connectivity index (χ4n) is 3.22. The van der Waals surface area contributed by atoms with Crippen LogP contribution in [-0.2, 0) is 0 Å². The summed E-state index contributed by atoms with van der Waals surface area (Å²) in [4.78, 5) is 0. The molecule has 1 nitrogen and oxygen atoms in total. The Morgan fingerprint density at radius 3 is 2.00 bits per heavy atom. The Balaban J connectivity index is 1.83. The highest BCUT2D eigenvalue weighted by molar-refractivity contribution is 6.57. The van der Waals surface area contributed by atoms with Crippen molar-refractivity contribution in [3.63, 3.8) is 0 Å². The van der Waals surface area contributed by atoms with E-state index in [0.29, 0.717) is 0 Å². The lowest BCUT2D eigenvalue weighted by Crippen LogP contribution is -2.44. The maximum atomic E-state index is 2.74. The first-order valence-electron chi connectivity index (χ1n) is 7.79. The van der Waals surface area contributed by atoms with Gasteiger partial charge in [-0.3, -0.25) is 0 Å². The Morgan fingerprint density at radius 1 is 0.750 bits per heavy atom. The van der Waals surface area contributed by atoms with Gasteiger partial charge in [0.25, 0.3) is 0 Å². The topological polar surface area (TPSA) is 3.24 Å². The maximum Gasteiger partial charge on any atom is 0.155 e. The molecular weight excluding hydrogens is 258 g/mol. The van der Waals surface area contributed by atoms with Gasteiger partial charge in [0.15, 0.2) is 9.68 Å². The second-order valence-corrected chi connectivity index (χ2v) is 7.55. The van der Waals surface area contributed by atoms with Crippen molar-refractivity contribution < 1.29 is 0 Å². The number of anilines is 1. The van der Waals surface area contributed by atoms with Gasteiger partial charge in [0.05, 0.1) is 0 Å². The molecule has 2 aromatic rings. The summed E-state index contributed by atoms with van der Waals surface area (Å²) in [6.45, 7) is 0. The minimum Gasteiger partial charge on any atom is -0.396 e. The first kappa shape index (κ1) is 13.4. The first-order valence-corrected chi connectivity index (χ1v) is 9.13. The van der Waals surface area contributed by atoms with Gasteiger partial charge in [0.2, 0.25) is 0 Å². The van der Waals surface area contributed by atoms with Crippen LogP contribution in [0.25, 0.3) is 0 Å². The van der Waals surface area contributed by atoms with Crippen LogP contribution in [0.4, 0.5) is 5.69 Å². The molecule has 3 rings (SSSR count). The Labute approximate surface area is 124 Å². The molecule has 1 aliphatic rings. The summed E-state index contributed by atoms with van der Waals surface area (Å²) in [6, 6.07) is 22.8. The molecule has 1 saturated carbocycles. The summed E-state index contributed by atoms with van der Waals surface area (Å²) < 4.78 is 2.74. The third kappa shape index (κ3) is 3.31. The van der Waals surface area contributed by atoms with Crippen molar-refractivity contribution in [2.45, 2.75) is 38.1 Å². The molecule has 104 valence electrons. The van der Waals surface area contributed by atoms with Crippen LogP contribution >= 0.6 is 0 Å². The van der Waals surface area contributed by atoms with Gasteiger partial charge in [-0.1, -0.05) is 67.8 Å². The molecule has 0 unspecified atom stereocenters. The van der Waals surface area contributed by atoms with Crippen molar-refractivity contribution in [3.05, 3.63) is 60.7 Å². The molecule has 0 atom stereocenters. The number of hydrogen-bond acceptors (Lipinski definition) is 1. The highest BCUT2D eigenvalue weighted by Gasteiger charge is 2.21. The fourth-order valence-corrected chi connectivity index (χ4v) is 5.12. The highest BCUT2D eigenvalue weighted by Crippen LogP contribution is 2.26. The van der Waals surface area contributed by atoms with Gasteiger partial charge in [0.1, 0.15) is 0 Å². The average molecular weight is 281 g/mol. The van der Waals surface area contributed by atoms with E-state index in [1.165, 1.54) is 37.8 Å². The number of rotatable bonds is 4. The highest BCUT2D eigenvalue weighted by atomic mass is 28.2. The van der Waals surface area contributed by atoms with E-state index in [2.05, 4.69) is 65.2 Å². The molecular formula is C18H23NSi. The van der Waals surface area contributed by atoms with Crippen molar-refractivity contribution in [3.8, 4) is 0 Å². The second kappa shape index (κ2) is 6.75. The van der Waals surface area contributed by atoms with Crippen LogP contribution in [0.1, 0.15) is 32.1 Å². The number of nitrogens with zero attached hydrogens (tertiary/aromatic N) is 1. The molecule has 1 fully saturated rings. The Morgan fingerprint density at radius 2 is 1.35 bits per heavy atom. The lowest BCUT2D eigenvalue weighted by Gasteiger charge is -2.36. The number of benzene rings is 2. The van der Waals surface area contributed by atoms with Crippen LogP contribution in [-0.4, -0.2) is 15.7 Å². The Kier molecular flexibility index (Phi) is 4.54. The number of para-hydroxylation sites is 1. The molecule has 0 amide bonds. The predicted molar refractivity (Wildman–Crippen MR) is 90.4 cm³/mol. The molecule has 0 heterocycles. The van der Waals surface area contributed by atoms with Gasteiger partial charge in [-0.25, -0.2) is 0 Å². The van der Waals surface area contributed by atoms with E-state index < -0.39 is 9.68 Å². The fraction of sp³-hybridized carbons (Fsp3) is 0.333. The molecule has 0 aromatic heterocycles. The van der Waals surface area contributed by atoms with Gasteiger partial charge >= 0.3 is 0 Å². The normalized spacial score (nSPS) is 16.6. The Hall–Kier alpha value is -1.54. The minimum absolute atomic E-state index is 0.407. The molecule has 2 aromatic carbocycles. The van der Waals surface area contributed by atoms with Crippen LogP contribution in [0.5, 0.6) is 0 Å². The van der Waals surface area contributed by atoms with Crippen LogP contribution in [0.3, 0.4) is 0 Å². The van der Waals surface area contributed by atoms with E-state index in [1.807, 2.05) is 0 Å². The maximum absolute atomic E-state index is 2.74. The zero-order valence-electron chi connectivity index (χ0n) is 12.0. The zero-order chi connectivity index (χ0) is 13.6. The standard InChI is InChI=1S/C18H23NSi/c1-4-10-16(11-5-1)19(17-12-6-2-7-13-17)20-18-14-8-3-9-15-18/h1,3-5,8-11,14-15,17H,2,6-7,12-13,20H2. The van der Waals surface area contributed by atoms with E-state index in [0.717, 1.165) is 6.04 Å². The second-order valence-electron chi connectivity index (χ2n) is 5.74. The molecule has 2 heteroatoms. The molecule has 20 heavy (non-hydrogen) atoms. The van der Waals surface area contributed by atoms with Crippen LogP contribution in [0, 0.1) is 0 Å². The number of hydrogen-bond donors (Lipinski definition) is 0. The van der Waals surface area contributed by atoms with Crippen LogP contribution < -0.4 is 9.75 Å². The van der Waals surface area contributed by atoms with E-state index in [1.54, 1.807) is 5.19 Å². The summed E-state index contributed by atoms with van der Waals surface area (Å²) in [5.41, 5.74) is 1.43. The summed E-state index contributed by atoms with van der Waals surface area (Å²) >= 11 is 0. The van der Waals surface area contributed by atoms with Crippen molar-refractivity contribution in [2.24, 2.45) is 0 Å². The lowest BCUT2D eigenvalue weighted by molar-refractivity contribution is 0.444. The van der Waals surface area contributed by atoms with Gasteiger partial charge in [-0.15, -0.1) is 0 Å². The van der Waals surface area contributed by atoms with E-state index in [9.17, 15) is 0 Å². The van der Waals surface area contributed by atoms with Crippen LogP contribution in [0.2, 0.25) is 0 Å². The van der Waals surface area contributed by atoms with Gasteiger partial charge in [-0.05, 0) is 30.2 Å². The predicted octanol–water partition coefficient (Wildman–Crippen LogP) is 3.24. The molecule has 0 bridgehead atoms. The molecule has 0 saturated heterocycles. The summed E-state index contributed by atoms with van der Waals surface area (Å²) in [5.74, 6) is 0. The molecule has 0 spiro atoms. The summed E-state index contributed by atoms with van der Waals surface area (Å²) in [6.07, 6.45) is 6.96. The van der Waals surface area contributed by atoms with Crippen molar-refractivity contribution in [2.75, 3.05) is 4.57 Å². The quantitative estimate of drug-likeness (QED) is 0.778. The first-order chi connectivity index (χ1) is 9.93. The summed E-state index contributed by atoms with van der Waals surface area (Å²) in [7, 11) is -0.407. The molecule has 1 aliphatic carbocycles. The van der Waals surface area contributed by atoms with Crippen molar-refractivity contribution in [1.82, 2.24) is 0 Å². The van der Waals surface area contributed by atoms with Crippen molar-refractivity contribution in [1.29, 1.82) is 0 Å². The SMILES string of the molecule is c1ccc([SiH2]N(c2ccccc2)C2CCCCC2)cc1. The van der Waals surface area contributed by atoms with Gasteiger partial charge < -0.3 is 4.57 Å². The average Bonchev–Trinajstić information content (AvgIpc) is 2.55. The largest absolute Gasteiger partial charge is 0.396 e. The third-order valence-electron chi connectivity index (χ3n) is 4.30. The van der Waals surface area contributed by atoms with Crippen LogP contribution in [0.15, 0.2) is 60.7 Å². The molecule has 0 radical (unpaired) electrons. The zero-order valence-corrected chi connectivity index (χ0v) is 13.5. The third-order valence-corrected chi connectivity index (χ3v) is 6.36. The Bertz CT molecular complexity index is 505. The van der Waals surface area contributed by atoms with Crippen molar-refractivity contribution >= 4 is 20.6 Å². The van der Waals surface area contributed by atoms with E-state index in [-0.39, 0.29) is 0 Å². The van der Waals surface area contributed by atoms with Gasteiger partial charge in [0, 0.05) is 11.7 Å². The lowest BCUT2D eigenvalue weighted by atomic mass is 9.95. The minimum atomic E-state index is -0.407. The van der Waals surface area contributed by atoms with E-state index in [4.69, 9.17) is 0 Å². The monoisotopic (exact) mass is 281 g/mol. The van der Waals surface area contributed by atoms with E-state index >= 15 is 0 Å². The molecule has 0 aliphatic heterocycles.